The van der Waals surface area contributed by atoms with Crippen LogP contribution in [0.25, 0.3) is 5.43 Å². The molecule has 1 aliphatic heterocycles. The zero-order valence-corrected chi connectivity index (χ0v) is 4.92. The van der Waals surface area contributed by atoms with Crippen molar-refractivity contribution in [1.82, 2.24) is 0 Å². The molecule has 0 atom stereocenters. The maximum Gasteiger partial charge on any atom is 0.0914 e. The lowest BCUT2D eigenvalue weighted by Gasteiger charge is -1.98. The lowest BCUT2D eigenvalue weighted by molar-refractivity contribution is 0.307. The summed E-state index contributed by atoms with van der Waals surface area (Å²) in [6, 6.07) is 0.568. The van der Waals surface area contributed by atoms with Gasteiger partial charge in [-0.25, -0.2) is 0 Å². The average molecular weight is 113 g/mol. The first-order valence-electron chi connectivity index (χ1n) is 2.85. The predicted molar refractivity (Wildman–Crippen MR) is 31.7 cm³/mol. The largest absolute Gasteiger partial charge is 0.502 e. The van der Waals surface area contributed by atoms with Crippen LogP contribution in [0.5, 0.6) is 0 Å². The summed E-state index contributed by atoms with van der Waals surface area (Å²) < 4.78 is 4.98. The first kappa shape index (κ1) is 5.41. The van der Waals surface area contributed by atoms with Crippen LogP contribution in [0.2, 0.25) is 0 Å². The molecule has 0 bridgehead atoms. The Hall–Kier alpha value is -0.730. The van der Waals surface area contributed by atoms with Crippen LogP contribution >= 0.6 is 0 Å². The van der Waals surface area contributed by atoms with Crippen molar-refractivity contribution in [3.63, 3.8) is 0 Å². The van der Waals surface area contributed by atoms with Crippen LogP contribution in [0.15, 0.2) is 5.10 Å². The Balaban J connectivity index is 1.81. The fraction of sp³-hybridized carbons (Fsp3) is 0.800. The molecule has 3 nitrogen and oxygen atoms in total. The fourth-order valence-electron chi connectivity index (χ4n) is 0.386. The number of amidine groups is 1. The summed E-state index contributed by atoms with van der Waals surface area (Å²) in [5, 5.41) is 3.49. The van der Waals surface area contributed by atoms with Crippen molar-refractivity contribution in [3.05, 3.63) is 5.43 Å². The number of unbranched alkanes of at least 4 members (excludes halogenated alkanes) is 1. The molecule has 0 fully saturated rings. The second kappa shape index (κ2) is 2.55. The first-order valence-corrected chi connectivity index (χ1v) is 2.85. The number of ether oxygens (including phenoxy) is 1. The van der Waals surface area contributed by atoms with E-state index < -0.39 is 0 Å². The lowest BCUT2D eigenvalue weighted by atomic mass is 10.4. The highest BCUT2D eigenvalue weighted by atomic mass is 16.5. The average Bonchev–Trinajstić information content (AvgIpc) is 2.51. The normalized spacial score (nSPS) is 14.4. The minimum atomic E-state index is 0.568. The van der Waals surface area contributed by atoms with E-state index >= 15 is 0 Å². The third-order valence-corrected chi connectivity index (χ3v) is 0.911. The van der Waals surface area contributed by atoms with Gasteiger partial charge in [-0.15, -0.1) is 0 Å². The minimum absolute atomic E-state index is 0.568. The van der Waals surface area contributed by atoms with E-state index in [1.165, 1.54) is 0 Å². The zero-order chi connectivity index (χ0) is 5.82. The van der Waals surface area contributed by atoms with Crippen LogP contribution in [0.1, 0.15) is 19.8 Å². The molecule has 0 N–H and O–H groups in total. The third kappa shape index (κ3) is 1.82. The molecule has 1 aliphatic rings. The molecule has 0 saturated heterocycles. The quantitative estimate of drug-likeness (QED) is 0.510. The van der Waals surface area contributed by atoms with E-state index in [9.17, 15) is 0 Å². The molecular weight excluding hydrogens is 104 g/mol. The summed E-state index contributed by atoms with van der Waals surface area (Å²) in [7, 11) is 0. The van der Waals surface area contributed by atoms with E-state index in [4.69, 9.17) is 4.74 Å². The molecule has 1 rings (SSSR count). The number of rotatable bonds is 3. The van der Waals surface area contributed by atoms with E-state index in [1.54, 1.807) is 0 Å². The predicted octanol–water partition coefficient (Wildman–Crippen LogP) is 1.46. The van der Waals surface area contributed by atoms with Gasteiger partial charge in [0.15, 0.2) is 0 Å². The molecular formula is C5H9N2O-. The molecule has 3 heteroatoms. The number of nitrogens with zero attached hydrogens (tertiary/aromatic N) is 2. The van der Waals surface area contributed by atoms with Gasteiger partial charge in [-0.05, 0) is 6.42 Å². The fourth-order valence-corrected chi connectivity index (χ4v) is 0.386. The first-order chi connectivity index (χ1) is 3.93. The van der Waals surface area contributed by atoms with E-state index in [0.29, 0.717) is 6.02 Å². The highest BCUT2D eigenvalue weighted by Crippen LogP contribution is 2.10. The maximum atomic E-state index is 4.98. The molecule has 0 spiro atoms. The molecule has 0 unspecified atom stereocenters. The molecule has 0 radical (unpaired) electrons. The van der Waals surface area contributed by atoms with Gasteiger partial charge in [-0.2, -0.15) is 0 Å². The Bertz CT molecular complexity index is 101. The van der Waals surface area contributed by atoms with E-state index in [0.717, 1.165) is 19.4 Å². The Labute approximate surface area is 48.7 Å². The molecule has 0 saturated carbocycles. The SMILES string of the molecule is CCCCOC1=N[N-]1. The van der Waals surface area contributed by atoms with Gasteiger partial charge in [0.25, 0.3) is 0 Å². The van der Waals surface area contributed by atoms with Crippen LogP contribution in [0.3, 0.4) is 0 Å². The summed E-state index contributed by atoms with van der Waals surface area (Å²) in [6.45, 7) is 2.88. The molecule has 0 amide bonds. The van der Waals surface area contributed by atoms with Crippen molar-refractivity contribution in [2.75, 3.05) is 6.61 Å². The van der Waals surface area contributed by atoms with E-state index in [1.807, 2.05) is 0 Å². The smallest absolute Gasteiger partial charge is 0.0914 e. The Morgan fingerprint density at radius 1 is 1.75 bits per heavy atom. The maximum absolute atomic E-state index is 4.98. The highest BCUT2D eigenvalue weighted by Gasteiger charge is 1.91. The molecule has 0 aromatic heterocycles. The van der Waals surface area contributed by atoms with Crippen LogP contribution in [0.4, 0.5) is 0 Å². The third-order valence-electron chi connectivity index (χ3n) is 0.911. The Kier molecular flexibility index (Phi) is 1.72. The van der Waals surface area contributed by atoms with Crippen LogP contribution < -0.4 is 0 Å². The van der Waals surface area contributed by atoms with Crippen LogP contribution in [-0.2, 0) is 4.74 Å². The number of hydrogen-bond donors (Lipinski definition) is 0. The Morgan fingerprint density at radius 2 is 2.50 bits per heavy atom. The van der Waals surface area contributed by atoms with Gasteiger partial charge in [-0.3, -0.25) is 0 Å². The van der Waals surface area contributed by atoms with Crippen molar-refractivity contribution in [3.8, 4) is 0 Å². The van der Waals surface area contributed by atoms with Crippen molar-refractivity contribution in [2.24, 2.45) is 5.10 Å². The van der Waals surface area contributed by atoms with E-state index in [-0.39, 0.29) is 0 Å². The van der Waals surface area contributed by atoms with Crippen molar-refractivity contribution in [2.45, 2.75) is 19.8 Å². The monoisotopic (exact) mass is 113 g/mol. The summed E-state index contributed by atoms with van der Waals surface area (Å²) in [6.07, 6.45) is 2.25. The van der Waals surface area contributed by atoms with Gasteiger partial charge in [-0.1, -0.05) is 13.3 Å². The minimum Gasteiger partial charge on any atom is -0.502 e. The van der Waals surface area contributed by atoms with Gasteiger partial charge in [0.05, 0.1) is 12.6 Å². The lowest BCUT2D eigenvalue weighted by Crippen LogP contribution is -1.92. The summed E-state index contributed by atoms with van der Waals surface area (Å²) >= 11 is 0. The topological polar surface area (TPSA) is 35.7 Å². The van der Waals surface area contributed by atoms with Crippen LogP contribution in [-0.4, -0.2) is 12.6 Å². The van der Waals surface area contributed by atoms with Gasteiger partial charge in [0.1, 0.15) is 0 Å². The van der Waals surface area contributed by atoms with Gasteiger partial charge in [0, 0.05) is 0 Å². The molecule has 46 valence electrons. The molecule has 0 aromatic carbocycles. The standard InChI is InChI=1S/C5H9N2O/c1-2-3-4-8-5-6-7-5/h2-4H2,1H3/q-1. The second-order valence-corrected chi connectivity index (χ2v) is 1.68. The zero-order valence-electron chi connectivity index (χ0n) is 4.92. The van der Waals surface area contributed by atoms with E-state index in [2.05, 4.69) is 17.5 Å². The molecule has 8 heavy (non-hydrogen) atoms. The number of hydrogen-bond acceptors (Lipinski definition) is 2. The van der Waals surface area contributed by atoms with Gasteiger partial charge >= 0.3 is 0 Å². The second-order valence-electron chi connectivity index (χ2n) is 1.68. The van der Waals surface area contributed by atoms with Gasteiger partial charge in [0.2, 0.25) is 0 Å². The summed E-state index contributed by atoms with van der Waals surface area (Å²) in [4.78, 5) is 0. The summed E-state index contributed by atoms with van der Waals surface area (Å²) in [5.74, 6) is 0. The van der Waals surface area contributed by atoms with Gasteiger partial charge < -0.3 is 15.3 Å². The highest BCUT2D eigenvalue weighted by molar-refractivity contribution is 5.98. The molecule has 1 heterocycles. The Morgan fingerprint density at radius 3 is 3.00 bits per heavy atom. The van der Waals surface area contributed by atoms with Crippen molar-refractivity contribution < 1.29 is 4.74 Å². The van der Waals surface area contributed by atoms with Crippen LogP contribution in [0, 0.1) is 0 Å². The molecule has 0 aliphatic carbocycles. The summed E-state index contributed by atoms with van der Waals surface area (Å²) in [5.41, 5.74) is 3.49. The van der Waals surface area contributed by atoms with Crippen molar-refractivity contribution >= 4 is 6.02 Å². The van der Waals surface area contributed by atoms with Crippen molar-refractivity contribution in [1.29, 1.82) is 0 Å². The molecule has 0 aromatic rings.